The summed E-state index contributed by atoms with van der Waals surface area (Å²) in [5.74, 6) is 6.47. The van der Waals surface area contributed by atoms with Crippen LogP contribution in [-0.4, -0.2) is 11.2 Å². The van der Waals surface area contributed by atoms with Gasteiger partial charge in [-0.2, -0.15) is 0 Å². The predicted octanol–water partition coefficient (Wildman–Crippen LogP) is 3.55. The smallest absolute Gasteiger partial charge is 0.253 e. The third-order valence-electron chi connectivity index (χ3n) is 3.64. The van der Waals surface area contributed by atoms with Crippen molar-refractivity contribution in [3.63, 3.8) is 0 Å². The lowest BCUT2D eigenvalue weighted by Crippen LogP contribution is -2.22. The number of nitrogens with zero attached hydrogens (tertiary/aromatic N) is 1. The lowest BCUT2D eigenvalue weighted by molar-refractivity contribution is 0.370. The van der Waals surface area contributed by atoms with E-state index in [0.29, 0.717) is 13.2 Å². The third kappa shape index (κ3) is 3.23. The molecule has 2 aromatic rings. The zero-order chi connectivity index (χ0) is 16.1. The number of pyridine rings is 1. The summed E-state index contributed by atoms with van der Waals surface area (Å²) in [5, 5.41) is 0. The minimum absolute atomic E-state index is 0.0675. The van der Waals surface area contributed by atoms with E-state index in [-0.39, 0.29) is 5.56 Å². The molecule has 0 saturated heterocycles. The molecule has 0 N–H and O–H groups in total. The monoisotopic (exact) mass is 295 g/mol. The summed E-state index contributed by atoms with van der Waals surface area (Å²) in [6, 6.07) is 9.79. The van der Waals surface area contributed by atoms with Gasteiger partial charge < -0.3 is 9.30 Å². The number of rotatable bonds is 4. The summed E-state index contributed by atoms with van der Waals surface area (Å²) >= 11 is 0. The maximum Gasteiger partial charge on any atom is 0.253 e. The van der Waals surface area contributed by atoms with Gasteiger partial charge in [-0.1, -0.05) is 12.0 Å². The molecule has 0 atom stereocenters. The van der Waals surface area contributed by atoms with E-state index in [1.165, 1.54) is 0 Å². The first-order valence-electron chi connectivity index (χ1n) is 7.42. The third-order valence-corrected chi connectivity index (χ3v) is 3.64. The van der Waals surface area contributed by atoms with Crippen LogP contribution in [0.1, 0.15) is 25.0 Å². The van der Waals surface area contributed by atoms with Gasteiger partial charge in [0.1, 0.15) is 12.4 Å². The van der Waals surface area contributed by atoms with Crippen molar-refractivity contribution in [3.8, 4) is 28.8 Å². The van der Waals surface area contributed by atoms with Gasteiger partial charge in [-0.05, 0) is 57.5 Å². The molecule has 2 rings (SSSR count). The molecule has 0 unspecified atom stereocenters. The van der Waals surface area contributed by atoms with Crippen LogP contribution in [0.4, 0.5) is 0 Å². The molecule has 0 amide bonds. The molecule has 3 nitrogen and oxygen atoms in total. The molecule has 1 heterocycles. The van der Waals surface area contributed by atoms with Crippen LogP contribution in [0.15, 0.2) is 35.1 Å². The van der Waals surface area contributed by atoms with Crippen LogP contribution in [0.2, 0.25) is 0 Å². The summed E-state index contributed by atoms with van der Waals surface area (Å²) in [7, 11) is 0. The normalized spacial score (nSPS) is 10.0. The number of hydrogen-bond donors (Lipinski definition) is 0. The van der Waals surface area contributed by atoms with Crippen molar-refractivity contribution in [3.05, 3.63) is 51.8 Å². The highest BCUT2D eigenvalue weighted by molar-refractivity contribution is 5.65. The van der Waals surface area contributed by atoms with E-state index in [4.69, 9.17) is 4.74 Å². The second-order valence-electron chi connectivity index (χ2n) is 5.14. The molecular formula is C19H21NO2. The van der Waals surface area contributed by atoms with E-state index in [1.54, 1.807) is 11.5 Å². The number of ether oxygens (including phenoxy) is 1. The van der Waals surface area contributed by atoms with Crippen LogP contribution >= 0.6 is 0 Å². The predicted molar refractivity (Wildman–Crippen MR) is 90.2 cm³/mol. The standard InChI is InChI=1S/C19H21NO2/c1-5-7-12-22-16-9-10-17(15(4)13-16)18-11-8-14(3)19(21)20(18)6-2/h8-11,13H,6,12H2,1-4H3. The zero-order valence-corrected chi connectivity index (χ0v) is 13.6. The second kappa shape index (κ2) is 7.00. The first-order valence-corrected chi connectivity index (χ1v) is 7.42. The van der Waals surface area contributed by atoms with Crippen molar-refractivity contribution in [1.29, 1.82) is 0 Å². The van der Waals surface area contributed by atoms with Gasteiger partial charge in [-0.25, -0.2) is 0 Å². The van der Waals surface area contributed by atoms with Crippen LogP contribution < -0.4 is 10.3 Å². The van der Waals surface area contributed by atoms with Gasteiger partial charge in [0.15, 0.2) is 0 Å². The van der Waals surface area contributed by atoms with Gasteiger partial charge in [0, 0.05) is 17.7 Å². The van der Waals surface area contributed by atoms with Gasteiger partial charge >= 0.3 is 0 Å². The van der Waals surface area contributed by atoms with Crippen LogP contribution in [0.25, 0.3) is 11.3 Å². The molecule has 0 aliphatic rings. The molecule has 0 bridgehead atoms. The lowest BCUT2D eigenvalue weighted by atomic mass is 10.0. The van der Waals surface area contributed by atoms with Crippen molar-refractivity contribution in [2.24, 2.45) is 0 Å². The highest BCUT2D eigenvalue weighted by atomic mass is 16.5. The van der Waals surface area contributed by atoms with Gasteiger partial charge in [0.05, 0.1) is 5.69 Å². The van der Waals surface area contributed by atoms with Crippen LogP contribution in [0.3, 0.4) is 0 Å². The molecule has 1 aromatic carbocycles. The van der Waals surface area contributed by atoms with Crippen molar-refractivity contribution in [2.45, 2.75) is 34.2 Å². The first kappa shape index (κ1) is 15.9. The highest BCUT2D eigenvalue weighted by Gasteiger charge is 2.10. The maximum absolute atomic E-state index is 12.3. The largest absolute Gasteiger partial charge is 0.481 e. The average Bonchev–Trinajstić information content (AvgIpc) is 2.51. The average molecular weight is 295 g/mol. The van der Waals surface area contributed by atoms with Crippen molar-refractivity contribution < 1.29 is 4.74 Å². The van der Waals surface area contributed by atoms with Crippen LogP contribution in [0.5, 0.6) is 5.75 Å². The fourth-order valence-corrected chi connectivity index (χ4v) is 2.44. The molecule has 1 aromatic heterocycles. The molecule has 0 aliphatic carbocycles. The minimum atomic E-state index is 0.0675. The Bertz CT molecular complexity index is 791. The first-order chi connectivity index (χ1) is 10.6. The Morgan fingerprint density at radius 3 is 2.55 bits per heavy atom. The van der Waals surface area contributed by atoms with Gasteiger partial charge in [-0.15, -0.1) is 5.92 Å². The van der Waals surface area contributed by atoms with E-state index in [9.17, 15) is 4.79 Å². The summed E-state index contributed by atoms with van der Waals surface area (Å²) in [6.07, 6.45) is 0. The van der Waals surface area contributed by atoms with Crippen LogP contribution in [0, 0.1) is 25.7 Å². The van der Waals surface area contributed by atoms with Crippen molar-refractivity contribution >= 4 is 0 Å². The SMILES string of the molecule is CC#CCOc1ccc(-c2ccc(C)c(=O)n2CC)c(C)c1. The molecule has 0 spiro atoms. The lowest BCUT2D eigenvalue weighted by Gasteiger charge is -2.15. The van der Waals surface area contributed by atoms with Crippen molar-refractivity contribution in [2.75, 3.05) is 6.61 Å². The Morgan fingerprint density at radius 2 is 1.91 bits per heavy atom. The topological polar surface area (TPSA) is 31.2 Å². The van der Waals surface area contributed by atoms with Crippen molar-refractivity contribution in [1.82, 2.24) is 4.57 Å². The van der Waals surface area contributed by atoms with E-state index >= 15 is 0 Å². The minimum Gasteiger partial charge on any atom is -0.481 e. The summed E-state index contributed by atoms with van der Waals surface area (Å²) in [5.41, 5.74) is 3.90. The summed E-state index contributed by atoms with van der Waals surface area (Å²) in [6.45, 7) is 8.69. The number of aromatic nitrogens is 1. The van der Waals surface area contributed by atoms with Gasteiger partial charge in [-0.3, -0.25) is 4.79 Å². The fraction of sp³-hybridized carbons (Fsp3) is 0.316. The Labute approximate surface area is 131 Å². The number of aryl methyl sites for hydroxylation is 2. The molecule has 0 radical (unpaired) electrons. The van der Waals surface area contributed by atoms with E-state index in [1.807, 2.05) is 51.1 Å². The Hall–Kier alpha value is -2.47. The van der Waals surface area contributed by atoms with E-state index in [0.717, 1.165) is 28.1 Å². The molecule has 0 aliphatic heterocycles. The molecule has 22 heavy (non-hydrogen) atoms. The van der Waals surface area contributed by atoms with E-state index < -0.39 is 0 Å². The molecule has 0 fully saturated rings. The fourth-order valence-electron chi connectivity index (χ4n) is 2.44. The number of hydrogen-bond acceptors (Lipinski definition) is 2. The summed E-state index contributed by atoms with van der Waals surface area (Å²) in [4.78, 5) is 12.3. The number of benzene rings is 1. The zero-order valence-electron chi connectivity index (χ0n) is 13.6. The maximum atomic E-state index is 12.3. The molecule has 0 saturated carbocycles. The van der Waals surface area contributed by atoms with Gasteiger partial charge in [0.25, 0.3) is 5.56 Å². The Morgan fingerprint density at radius 1 is 1.14 bits per heavy atom. The van der Waals surface area contributed by atoms with Crippen LogP contribution in [-0.2, 0) is 6.54 Å². The summed E-state index contributed by atoms with van der Waals surface area (Å²) < 4.78 is 7.38. The second-order valence-corrected chi connectivity index (χ2v) is 5.14. The quantitative estimate of drug-likeness (QED) is 0.808. The molecule has 114 valence electrons. The molecular weight excluding hydrogens is 274 g/mol. The van der Waals surface area contributed by atoms with Gasteiger partial charge in [0.2, 0.25) is 0 Å². The molecule has 3 heteroatoms. The highest BCUT2D eigenvalue weighted by Crippen LogP contribution is 2.26. The van der Waals surface area contributed by atoms with E-state index in [2.05, 4.69) is 11.8 Å². The Balaban J connectivity index is 2.43. The Kier molecular flexibility index (Phi) is 5.06.